The predicted molar refractivity (Wildman–Crippen MR) is 163 cm³/mol. The van der Waals surface area contributed by atoms with Crippen LogP contribution in [-0.4, -0.2) is 83.6 Å². The lowest BCUT2D eigenvalue weighted by Crippen LogP contribution is -2.55. The number of alkyl halides is 1. The molecule has 2 aromatic carbocycles. The van der Waals surface area contributed by atoms with Gasteiger partial charge in [0.15, 0.2) is 0 Å². The zero-order valence-corrected chi connectivity index (χ0v) is 23.1. The first-order valence-corrected chi connectivity index (χ1v) is 13.4. The van der Waals surface area contributed by atoms with Gasteiger partial charge in [0.1, 0.15) is 12.5 Å². The van der Waals surface area contributed by atoms with E-state index in [1.54, 1.807) is 18.3 Å². The molecule has 5 rings (SSSR count). The number of likely N-dealkylation sites (tertiary alicyclic amines) is 1. The standard InChI is InChI=1S/C30H34FN9O/c1-39(2)15-4-7-27(41)35-22-12-14-33-26(17-22)24-5-3-6-25-28(24)37-30(38-29(25)32)36-21-10-8-20(9-11-21)34-23-18-40(19-23)16-13-31/h3-12,14,17,23,34H,13,15-16,18-19H2,1-2H3,(H,33,35,41)(H3,32,36,37,38)/b7-4+. The number of hydrogen-bond acceptors (Lipinski definition) is 9. The minimum atomic E-state index is -0.313. The molecule has 11 heteroatoms. The van der Waals surface area contributed by atoms with Crippen molar-refractivity contribution in [2.45, 2.75) is 6.04 Å². The number of rotatable bonds is 11. The monoisotopic (exact) mass is 555 g/mol. The van der Waals surface area contributed by atoms with Gasteiger partial charge in [-0.05, 0) is 56.6 Å². The molecule has 0 bridgehead atoms. The maximum absolute atomic E-state index is 12.5. The molecule has 1 saturated heterocycles. The number of likely N-dealkylation sites (N-methyl/N-ethyl adjacent to an activating group) is 1. The summed E-state index contributed by atoms with van der Waals surface area (Å²) in [5.41, 5.74) is 10.8. The third kappa shape index (κ3) is 7.13. The van der Waals surface area contributed by atoms with E-state index in [1.807, 2.05) is 67.5 Å². The maximum Gasteiger partial charge on any atom is 0.248 e. The largest absolute Gasteiger partial charge is 0.383 e. The number of nitrogen functional groups attached to an aromatic ring is 1. The van der Waals surface area contributed by atoms with Crippen LogP contribution in [0.3, 0.4) is 0 Å². The van der Waals surface area contributed by atoms with Crippen LogP contribution in [-0.2, 0) is 4.79 Å². The fraction of sp³-hybridized carbons (Fsp3) is 0.267. The van der Waals surface area contributed by atoms with Crippen LogP contribution in [0.15, 0.2) is 72.9 Å². The third-order valence-electron chi connectivity index (χ3n) is 6.67. The number of benzene rings is 2. The van der Waals surface area contributed by atoms with E-state index in [2.05, 4.69) is 30.8 Å². The second-order valence-corrected chi connectivity index (χ2v) is 10.2. The first-order valence-electron chi connectivity index (χ1n) is 13.4. The van der Waals surface area contributed by atoms with Crippen LogP contribution in [0, 0.1) is 0 Å². The summed E-state index contributed by atoms with van der Waals surface area (Å²) >= 11 is 0. The van der Waals surface area contributed by atoms with Gasteiger partial charge in [-0.2, -0.15) is 4.98 Å². The fourth-order valence-electron chi connectivity index (χ4n) is 4.63. The Morgan fingerprint density at radius 3 is 2.63 bits per heavy atom. The highest BCUT2D eigenvalue weighted by atomic mass is 19.1. The van der Waals surface area contributed by atoms with Gasteiger partial charge in [-0.1, -0.05) is 18.2 Å². The van der Waals surface area contributed by atoms with Crippen LogP contribution in [0.2, 0.25) is 0 Å². The Morgan fingerprint density at radius 1 is 1.10 bits per heavy atom. The molecular weight excluding hydrogens is 521 g/mol. The summed E-state index contributed by atoms with van der Waals surface area (Å²) in [7, 11) is 3.88. The van der Waals surface area contributed by atoms with Gasteiger partial charge in [0, 0.05) is 66.5 Å². The molecular formula is C30H34FN9O. The van der Waals surface area contributed by atoms with Crippen molar-refractivity contribution < 1.29 is 9.18 Å². The summed E-state index contributed by atoms with van der Waals surface area (Å²) in [4.78, 5) is 30.2. The molecule has 0 radical (unpaired) electrons. The third-order valence-corrected chi connectivity index (χ3v) is 6.67. The van der Waals surface area contributed by atoms with Crippen molar-refractivity contribution in [1.82, 2.24) is 24.8 Å². The number of amides is 1. The average Bonchev–Trinajstić information content (AvgIpc) is 2.92. The van der Waals surface area contributed by atoms with Crippen LogP contribution >= 0.6 is 0 Å². The van der Waals surface area contributed by atoms with Crippen molar-refractivity contribution >= 4 is 45.6 Å². The van der Waals surface area contributed by atoms with Crippen molar-refractivity contribution in [3.05, 3.63) is 72.9 Å². The molecule has 212 valence electrons. The van der Waals surface area contributed by atoms with E-state index in [1.165, 1.54) is 6.08 Å². The van der Waals surface area contributed by atoms with Crippen molar-refractivity contribution in [1.29, 1.82) is 0 Å². The minimum Gasteiger partial charge on any atom is -0.383 e. The molecule has 10 nitrogen and oxygen atoms in total. The van der Waals surface area contributed by atoms with Crippen molar-refractivity contribution in [2.24, 2.45) is 0 Å². The number of nitrogens with one attached hydrogen (secondary N) is 3. The van der Waals surface area contributed by atoms with Crippen molar-refractivity contribution in [3.63, 3.8) is 0 Å². The molecule has 3 heterocycles. The lowest BCUT2D eigenvalue weighted by atomic mass is 10.1. The van der Waals surface area contributed by atoms with Gasteiger partial charge in [-0.3, -0.25) is 14.7 Å². The highest BCUT2D eigenvalue weighted by molar-refractivity contribution is 6.01. The molecule has 0 unspecified atom stereocenters. The highest BCUT2D eigenvalue weighted by Crippen LogP contribution is 2.31. The van der Waals surface area contributed by atoms with Gasteiger partial charge in [0.25, 0.3) is 0 Å². The summed E-state index contributed by atoms with van der Waals surface area (Å²) in [6.07, 6.45) is 4.97. The van der Waals surface area contributed by atoms with Crippen molar-refractivity contribution in [3.8, 4) is 11.3 Å². The number of nitrogens with zero attached hydrogens (tertiary/aromatic N) is 5. The number of aromatic nitrogens is 3. The molecule has 1 aliphatic heterocycles. The Labute approximate surface area is 238 Å². The van der Waals surface area contributed by atoms with Crippen LogP contribution in [0.1, 0.15) is 0 Å². The second-order valence-electron chi connectivity index (χ2n) is 10.2. The SMILES string of the molecule is CN(C)C/C=C/C(=O)Nc1ccnc(-c2cccc3c(N)nc(Nc4ccc(NC5CN(CCF)C5)cc4)nc23)c1. The van der Waals surface area contributed by atoms with Gasteiger partial charge in [0.05, 0.1) is 17.3 Å². The van der Waals surface area contributed by atoms with Crippen LogP contribution in [0.5, 0.6) is 0 Å². The van der Waals surface area contributed by atoms with Crippen LogP contribution < -0.4 is 21.7 Å². The number of nitrogens with two attached hydrogens (primary N) is 1. The molecule has 0 aliphatic carbocycles. The van der Waals surface area contributed by atoms with E-state index in [0.29, 0.717) is 53.2 Å². The summed E-state index contributed by atoms with van der Waals surface area (Å²) < 4.78 is 12.5. The zero-order chi connectivity index (χ0) is 28.8. The smallest absolute Gasteiger partial charge is 0.248 e. The molecule has 0 atom stereocenters. The zero-order valence-electron chi connectivity index (χ0n) is 23.1. The molecule has 4 aromatic rings. The van der Waals surface area contributed by atoms with Crippen LogP contribution in [0.4, 0.5) is 33.2 Å². The topological polar surface area (TPSA) is 124 Å². The molecule has 2 aromatic heterocycles. The van der Waals surface area contributed by atoms with E-state index in [0.717, 1.165) is 30.0 Å². The Bertz CT molecular complexity index is 1540. The van der Waals surface area contributed by atoms with Crippen molar-refractivity contribution in [2.75, 3.05) is 68.6 Å². The molecule has 0 spiro atoms. The number of anilines is 5. The second kappa shape index (κ2) is 12.7. The maximum atomic E-state index is 12.5. The number of halogens is 1. The Kier molecular flexibility index (Phi) is 8.66. The van der Waals surface area contributed by atoms with Gasteiger partial charge < -0.3 is 26.6 Å². The van der Waals surface area contributed by atoms with E-state index >= 15 is 0 Å². The summed E-state index contributed by atoms with van der Waals surface area (Å²) in [5.74, 6) is 0.489. The molecule has 41 heavy (non-hydrogen) atoms. The Balaban J connectivity index is 1.32. The summed E-state index contributed by atoms with van der Waals surface area (Å²) in [6.45, 7) is 2.53. The number of pyridine rings is 1. The van der Waals surface area contributed by atoms with Gasteiger partial charge >= 0.3 is 0 Å². The van der Waals surface area contributed by atoms with Crippen LogP contribution in [0.25, 0.3) is 22.2 Å². The van der Waals surface area contributed by atoms with E-state index in [9.17, 15) is 9.18 Å². The summed E-state index contributed by atoms with van der Waals surface area (Å²) in [5, 5.41) is 10.3. The van der Waals surface area contributed by atoms with E-state index < -0.39 is 0 Å². The first-order chi connectivity index (χ1) is 19.9. The normalized spacial score (nSPS) is 14.0. The molecule has 0 saturated carbocycles. The molecule has 1 aliphatic rings. The minimum absolute atomic E-state index is 0.215. The molecule has 1 fully saturated rings. The van der Waals surface area contributed by atoms with Gasteiger partial charge in [-0.25, -0.2) is 9.37 Å². The van der Waals surface area contributed by atoms with Gasteiger partial charge in [-0.15, -0.1) is 0 Å². The lowest BCUT2D eigenvalue weighted by Gasteiger charge is -2.39. The summed E-state index contributed by atoms with van der Waals surface area (Å²) in [6, 6.07) is 17.4. The van der Waals surface area contributed by atoms with Gasteiger partial charge in [0.2, 0.25) is 11.9 Å². The molecule has 5 N–H and O–H groups in total. The van der Waals surface area contributed by atoms with E-state index in [-0.39, 0.29) is 12.6 Å². The Hall–Kier alpha value is -4.61. The number of carbonyl (C=O) groups is 1. The quantitative estimate of drug-likeness (QED) is 0.202. The predicted octanol–water partition coefficient (Wildman–Crippen LogP) is 4.14. The highest BCUT2D eigenvalue weighted by Gasteiger charge is 2.25. The van der Waals surface area contributed by atoms with E-state index in [4.69, 9.17) is 10.7 Å². The Morgan fingerprint density at radius 2 is 1.88 bits per heavy atom. The fourth-order valence-corrected chi connectivity index (χ4v) is 4.63. The average molecular weight is 556 g/mol. The number of fused-ring (bicyclic) bond motifs is 1. The first kappa shape index (κ1) is 27.9. The lowest BCUT2D eigenvalue weighted by molar-refractivity contribution is -0.111. The molecule has 1 amide bonds. The number of para-hydroxylation sites is 1. The number of hydrogen-bond donors (Lipinski definition) is 4. The number of carbonyl (C=O) groups excluding carboxylic acids is 1.